The smallest absolute Gasteiger partial charge is 0.246 e. The largest absolute Gasteiger partial charge is 0.348 e. The lowest BCUT2D eigenvalue weighted by molar-refractivity contribution is -0.133. The number of fused-ring (bicyclic) bond motifs is 2. The molecule has 2 amide bonds. The summed E-state index contributed by atoms with van der Waals surface area (Å²) < 4.78 is 2.03. The zero-order valence-corrected chi connectivity index (χ0v) is 18.1. The second-order valence-electron chi connectivity index (χ2n) is 8.16. The molecule has 1 saturated heterocycles. The van der Waals surface area contributed by atoms with E-state index < -0.39 is 0 Å². The Kier molecular flexibility index (Phi) is 4.59. The summed E-state index contributed by atoms with van der Waals surface area (Å²) in [5, 5.41) is 4.79. The second-order valence-corrected chi connectivity index (χ2v) is 8.56. The third-order valence-corrected chi connectivity index (χ3v) is 6.70. The van der Waals surface area contributed by atoms with Crippen LogP contribution in [0.25, 0.3) is 22.0 Å². The van der Waals surface area contributed by atoms with Crippen LogP contribution in [-0.2, 0) is 16.1 Å². The van der Waals surface area contributed by atoms with Crippen LogP contribution in [0.3, 0.4) is 0 Å². The van der Waals surface area contributed by atoms with Crippen LogP contribution in [0.15, 0.2) is 37.3 Å². The van der Waals surface area contributed by atoms with Crippen LogP contribution in [0.4, 0.5) is 0 Å². The summed E-state index contributed by atoms with van der Waals surface area (Å²) in [6.07, 6.45) is 4.70. The molecule has 0 bridgehead atoms. The Morgan fingerprint density at radius 3 is 2.87 bits per heavy atom. The van der Waals surface area contributed by atoms with Crippen molar-refractivity contribution in [1.29, 1.82) is 0 Å². The molecule has 1 aliphatic carbocycles. The van der Waals surface area contributed by atoms with Crippen LogP contribution in [0.1, 0.15) is 29.8 Å². The van der Waals surface area contributed by atoms with E-state index in [2.05, 4.69) is 28.8 Å². The topological polar surface area (TPSA) is 80.1 Å². The third kappa shape index (κ3) is 2.95. The van der Waals surface area contributed by atoms with Gasteiger partial charge in [0.2, 0.25) is 11.8 Å². The number of halogens is 1. The van der Waals surface area contributed by atoms with Gasteiger partial charge in [-0.25, -0.2) is 9.97 Å². The van der Waals surface area contributed by atoms with Gasteiger partial charge >= 0.3 is 0 Å². The zero-order chi connectivity index (χ0) is 21.9. The van der Waals surface area contributed by atoms with Crippen LogP contribution in [0, 0.1) is 6.92 Å². The van der Waals surface area contributed by atoms with Crippen molar-refractivity contribution in [1.82, 2.24) is 24.8 Å². The normalized spacial score (nSPS) is 17.3. The molecule has 2 aliphatic rings. The number of hydrogen-bond donors (Lipinski definition) is 1. The standard InChI is InChI=1S/C23H22ClN5O2/c1-4-19(31)28-8-14(9-28)27-18(30)10-29-13(3)21-15-7-25-11-26-23(15)12(2)20-16(24)5-6-17(29)22(20)21/h4-7,11-12,14H,1,8-10H2,2-3H3,(H,27,30). The molecule has 7 nitrogen and oxygen atoms in total. The molecular formula is C23H22ClN5O2. The van der Waals surface area contributed by atoms with Crippen LogP contribution >= 0.6 is 11.6 Å². The molecule has 8 heteroatoms. The fourth-order valence-corrected chi connectivity index (χ4v) is 5.15. The molecule has 0 radical (unpaired) electrons. The molecule has 1 unspecified atom stereocenters. The summed E-state index contributed by atoms with van der Waals surface area (Å²) in [6.45, 7) is 8.81. The van der Waals surface area contributed by atoms with Gasteiger partial charge in [0.25, 0.3) is 0 Å². The van der Waals surface area contributed by atoms with E-state index >= 15 is 0 Å². The van der Waals surface area contributed by atoms with Crippen molar-refractivity contribution in [2.45, 2.75) is 32.4 Å². The monoisotopic (exact) mass is 435 g/mol. The molecule has 1 aromatic carbocycles. The molecule has 31 heavy (non-hydrogen) atoms. The minimum atomic E-state index is -0.111. The molecule has 1 aliphatic heterocycles. The highest BCUT2D eigenvalue weighted by molar-refractivity contribution is 6.33. The van der Waals surface area contributed by atoms with Crippen molar-refractivity contribution in [3.63, 3.8) is 0 Å². The third-order valence-electron chi connectivity index (χ3n) is 6.37. The number of nitrogens with one attached hydrogen (secondary N) is 1. The molecule has 1 atom stereocenters. The number of likely N-dealkylation sites (tertiary alicyclic amines) is 1. The van der Waals surface area contributed by atoms with Gasteiger partial charge in [-0.1, -0.05) is 25.1 Å². The number of nitrogens with zero attached hydrogens (tertiary/aromatic N) is 4. The predicted molar refractivity (Wildman–Crippen MR) is 119 cm³/mol. The van der Waals surface area contributed by atoms with Crippen LogP contribution < -0.4 is 5.32 Å². The Hall–Kier alpha value is -3.19. The van der Waals surface area contributed by atoms with Crippen LogP contribution in [0.5, 0.6) is 0 Å². The van der Waals surface area contributed by atoms with Crippen molar-refractivity contribution >= 4 is 34.3 Å². The summed E-state index contributed by atoms with van der Waals surface area (Å²) in [4.78, 5) is 34.9. The highest BCUT2D eigenvalue weighted by Gasteiger charge is 2.33. The van der Waals surface area contributed by atoms with E-state index in [9.17, 15) is 9.59 Å². The van der Waals surface area contributed by atoms with Gasteiger partial charge in [-0.2, -0.15) is 0 Å². The number of aromatic nitrogens is 3. The maximum atomic E-state index is 12.8. The first-order valence-corrected chi connectivity index (χ1v) is 10.6. The fraction of sp³-hybridized carbons (Fsp3) is 0.304. The second kappa shape index (κ2) is 7.20. The van der Waals surface area contributed by atoms with Gasteiger partial charge in [0.05, 0.1) is 11.7 Å². The molecule has 1 fully saturated rings. The molecule has 0 saturated carbocycles. The highest BCUT2D eigenvalue weighted by atomic mass is 35.5. The average Bonchev–Trinajstić information content (AvgIpc) is 3.00. The van der Waals surface area contributed by atoms with Crippen molar-refractivity contribution in [3.05, 3.63) is 59.3 Å². The molecule has 2 aromatic heterocycles. The Balaban J connectivity index is 1.50. The van der Waals surface area contributed by atoms with Gasteiger partial charge in [0.15, 0.2) is 0 Å². The van der Waals surface area contributed by atoms with Gasteiger partial charge in [-0.15, -0.1) is 0 Å². The quantitative estimate of drug-likeness (QED) is 0.639. The van der Waals surface area contributed by atoms with E-state index in [1.165, 1.54) is 6.08 Å². The van der Waals surface area contributed by atoms with E-state index in [0.29, 0.717) is 18.1 Å². The molecule has 158 valence electrons. The predicted octanol–water partition coefficient (Wildman–Crippen LogP) is 3.04. The number of carbonyl (C=O) groups is 2. The number of amides is 2. The Bertz CT molecular complexity index is 1260. The maximum Gasteiger partial charge on any atom is 0.246 e. The summed E-state index contributed by atoms with van der Waals surface area (Å²) >= 11 is 6.61. The Labute approximate surface area is 184 Å². The van der Waals surface area contributed by atoms with E-state index in [-0.39, 0.29) is 30.3 Å². The highest BCUT2D eigenvalue weighted by Crippen LogP contribution is 2.49. The van der Waals surface area contributed by atoms with Gasteiger partial charge in [0.1, 0.15) is 12.9 Å². The summed E-state index contributed by atoms with van der Waals surface area (Å²) in [5.41, 5.74) is 5.97. The molecule has 1 N–H and O–H groups in total. The lowest BCUT2D eigenvalue weighted by atomic mass is 9.83. The first kappa shape index (κ1) is 19.8. The van der Waals surface area contributed by atoms with Gasteiger partial charge in [-0.05, 0) is 30.7 Å². The Morgan fingerprint density at radius 2 is 2.13 bits per heavy atom. The summed E-state index contributed by atoms with van der Waals surface area (Å²) in [5.74, 6) is -0.162. The fourth-order valence-electron chi connectivity index (χ4n) is 4.83. The Morgan fingerprint density at radius 1 is 1.35 bits per heavy atom. The van der Waals surface area contributed by atoms with Crippen molar-refractivity contribution in [2.75, 3.05) is 13.1 Å². The van der Waals surface area contributed by atoms with Crippen LogP contribution in [-0.4, -0.2) is 50.4 Å². The lowest BCUT2D eigenvalue weighted by Crippen LogP contribution is -2.61. The van der Waals surface area contributed by atoms with Crippen molar-refractivity contribution in [2.24, 2.45) is 0 Å². The molecule has 3 aromatic rings. The van der Waals surface area contributed by atoms with E-state index in [1.54, 1.807) is 11.2 Å². The first-order valence-electron chi connectivity index (χ1n) is 10.2. The van der Waals surface area contributed by atoms with E-state index in [1.807, 2.05) is 29.8 Å². The minimum Gasteiger partial charge on any atom is -0.348 e. The van der Waals surface area contributed by atoms with E-state index in [4.69, 9.17) is 11.6 Å². The number of rotatable bonds is 4. The molecule has 5 rings (SSSR count). The lowest BCUT2D eigenvalue weighted by Gasteiger charge is -2.38. The molecule has 3 heterocycles. The molecule has 0 spiro atoms. The SMILES string of the molecule is C=CC(=O)N1CC(NC(=O)Cn2c(C)c3c4c(c(Cl)ccc42)C(C)c2ncncc2-3)C1. The minimum absolute atomic E-state index is 0.0344. The van der Waals surface area contributed by atoms with Gasteiger partial charge < -0.3 is 14.8 Å². The molecular weight excluding hydrogens is 414 g/mol. The summed E-state index contributed by atoms with van der Waals surface area (Å²) in [7, 11) is 0. The zero-order valence-electron chi connectivity index (χ0n) is 17.4. The van der Waals surface area contributed by atoms with Crippen molar-refractivity contribution in [3.8, 4) is 11.1 Å². The average molecular weight is 436 g/mol. The van der Waals surface area contributed by atoms with E-state index in [0.717, 1.165) is 39.0 Å². The van der Waals surface area contributed by atoms with Crippen LogP contribution in [0.2, 0.25) is 5.02 Å². The van der Waals surface area contributed by atoms with Gasteiger partial charge in [0, 0.05) is 58.0 Å². The number of benzene rings is 1. The summed E-state index contributed by atoms with van der Waals surface area (Å²) in [6, 6.07) is 3.83. The number of carbonyl (C=O) groups excluding carboxylic acids is 2. The maximum absolute atomic E-state index is 12.8. The van der Waals surface area contributed by atoms with Gasteiger partial charge in [-0.3, -0.25) is 9.59 Å². The number of hydrogen-bond acceptors (Lipinski definition) is 4. The first-order chi connectivity index (χ1) is 14.9. The van der Waals surface area contributed by atoms with Crippen molar-refractivity contribution < 1.29 is 9.59 Å².